The molecule has 3 rings (SSSR count). The van der Waals surface area contributed by atoms with Crippen LogP contribution in [-0.2, 0) is 9.59 Å². The van der Waals surface area contributed by atoms with Crippen molar-refractivity contribution in [3.63, 3.8) is 0 Å². The van der Waals surface area contributed by atoms with Crippen LogP contribution in [-0.4, -0.2) is 60.4 Å². The lowest BCUT2D eigenvalue weighted by molar-refractivity contribution is -0.156. The predicted molar refractivity (Wildman–Crippen MR) is 103 cm³/mol. The molecular formula is C15H12Cl3N3O6S. The molecule has 2 fully saturated rings. The Bertz CT molecular complexity index is 913. The summed E-state index contributed by atoms with van der Waals surface area (Å²) in [4.78, 5) is 36.9. The molecule has 4 N–H and O–H groups in total. The average molecular weight is 469 g/mol. The summed E-state index contributed by atoms with van der Waals surface area (Å²) in [6.07, 6.45) is 1.45. The number of nitrogens with one attached hydrogen (secondary N) is 1. The fourth-order valence-corrected chi connectivity index (χ4v) is 5.41. The van der Waals surface area contributed by atoms with Crippen molar-refractivity contribution in [3.8, 4) is 11.5 Å². The van der Waals surface area contributed by atoms with E-state index >= 15 is 0 Å². The first kappa shape index (κ1) is 20.8. The maximum Gasteiger partial charge on any atom is 0.328 e. The number of rotatable bonds is 4. The molecule has 0 aromatic heterocycles. The Kier molecular flexibility index (Phi) is 5.34. The highest BCUT2D eigenvalue weighted by Crippen LogP contribution is 2.50. The molecule has 3 atom stereocenters. The van der Waals surface area contributed by atoms with E-state index in [9.17, 15) is 29.7 Å². The van der Waals surface area contributed by atoms with Gasteiger partial charge in [-0.05, 0) is 6.92 Å². The van der Waals surface area contributed by atoms with E-state index in [2.05, 4.69) is 10.5 Å². The fraction of sp³-hybridized carbons (Fsp3) is 0.333. The molecule has 0 unspecified atom stereocenters. The quantitative estimate of drug-likeness (QED) is 0.175. The van der Waals surface area contributed by atoms with E-state index in [4.69, 9.17) is 34.8 Å². The van der Waals surface area contributed by atoms with Crippen LogP contribution in [0.5, 0.6) is 11.5 Å². The lowest BCUT2D eigenvalue weighted by atomic mass is 9.97. The zero-order valence-electron chi connectivity index (χ0n) is 13.9. The van der Waals surface area contributed by atoms with Crippen molar-refractivity contribution in [2.24, 2.45) is 5.10 Å². The van der Waals surface area contributed by atoms with E-state index in [1.807, 2.05) is 0 Å². The van der Waals surface area contributed by atoms with Gasteiger partial charge in [0.25, 0.3) is 5.91 Å². The Morgan fingerprint density at radius 2 is 1.86 bits per heavy atom. The van der Waals surface area contributed by atoms with Gasteiger partial charge in [-0.25, -0.2) is 10.2 Å². The lowest BCUT2D eigenvalue weighted by Crippen LogP contribution is -2.57. The SMILES string of the molecule is C[C@@]1(/C=N/NC(=O)c2c(Cl)c(O)c(O)c(Cl)c2Cl)S[C@@H]2CC(=O)N2[C@H]1C(=O)O. The number of amides is 2. The second kappa shape index (κ2) is 7.18. The molecule has 0 radical (unpaired) electrons. The smallest absolute Gasteiger partial charge is 0.328 e. The highest BCUT2D eigenvalue weighted by Gasteiger charge is 2.60. The molecule has 0 saturated carbocycles. The first-order chi connectivity index (χ1) is 13.0. The number of aromatic hydroxyl groups is 2. The molecule has 2 heterocycles. The van der Waals surface area contributed by atoms with Crippen molar-refractivity contribution in [1.29, 1.82) is 0 Å². The maximum atomic E-state index is 12.4. The number of phenols is 2. The third kappa shape index (κ3) is 3.14. The van der Waals surface area contributed by atoms with Crippen molar-refractivity contribution < 1.29 is 29.7 Å². The number of benzene rings is 1. The fourth-order valence-electron chi connectivity index (χ4n) is 3.02. The molecule has 150 valence electrons. The van der Waals surface area contributed by atoms with Crippen molar-refractivity contribution in [1.82, 2.24) is 10.3 Å². The zero-order chi connectivity index (χ0) is 21.0. The minimum atomic E-state index is -1.19. The molecule has 28 heavy (non-hydrogen) atoms. The number of thioether (sulfide) groups is 1. The summed E-state index contributed by atoms with van der Waals surface area (Å²) in [5.74, 6) is -3.99. The predicted octanol–water partition coefficient (Wildman–Crippen LogP) is 2.29. The first-order valence-corrected chi connectivity index (χ1v) is 9.65. The number of carbonyl (C=O) groups is 3. The van der Waals surface area contributed by atoms with Crippen molar-refractivity contribution in [2.45, 2.75) is 29.5 Å². The number of hydrazone groups is 1. The summed E-state index contributed by atoms with van der Waals surface area (Å²) < 4.78 is -1.09. The van der Waals surface area contributed by atoms with Gasteiger partial charge in [-0.2, -0.15) is 5.10 Å². The van der Waals surface area contributed by atoms with Gasteiger partial charge in [0, 0.05) is 6.21 Å². The van der Waals surface area contributed by atoms with Gasteiger partial charge in [-0.3, -0.25) is 9.59 Å². The second-order valence-electron chi connectivity index (χ2n) is 6.22. The summed E-state index contributed by atoms with van der Waals surface area (Å²) in [6.45, 7) is 1.58. The zero-order valence-corrected chi connectivity index (χ0v) is 17.0. The summed E-state index contributed by atoms with van der Waals surface area (Å²) in [6, 6.07) is -1.14. The van der Waals surface area contributed by atoms with Gasteiger partial charge in [-0.1, -0.05) is 34.8 Å². The highest BCUT2D eigenvalue weighted by molar-refractivity contribution is 8.02. The second-order valence-corrected chi connectivity index (χ2v) is 9.01. The summed E-state index contributed by atoms with van der Waals surface area (Å²) in [7, 11) is 0. The van der Waals surface area contributed by atoms with Crippen LogP contribution in [0.25, 0.3) is 0 Å². The molecule has 0 aliphatic carbocycles. The molecule has 2 aliphatic heterocycles. The number of hydrogen-bond donors (Lipinski definition) is 4. The number of aliphatic carboxylic acids is 1. The van der Waals surface area contributed by atoms with Gasteiger partial charge in [0.05, 0.1) is 27.1 Å². The van der Waals surface area contributed by atoms with Gasteiger partial charge in [0.15, 0.2) is 11.5 Å². The van der Waals surface area contributed by atoms with E-state index in [1.165, 1.54) is 22.9 Å². The molecular weight excluding hydrogens is 457 g/mol. The lowest BCUT2D eigenvalue weighted by Gasteiger charge is -2.36. The maximum absolute atomic E-state index is 12.4. The van der Waals surface area contributed by atoms with E-state index in [0.717, 1.165) is 0 Å². The number of carbonyl (C=O) groups excluding carboxylic acids is 2. The Labute approximate surface area is 177 Å². The largest absolute Gasteiger partial charge is 0.503 e. The number of β-lactam (4-membered cyclic amide) rings is 1. The number of hydrogen-bond acceptors (Lipinski definition) is 7. The van der Waals surface area contributed by atoms with Crippen molar-refractivity contribution in [3.05, 3.63) is 20.6 Å². The van der Waals surface area contributed by atoms with Crippen molar-refractivity contribution >= 4 is 70.6 Å². The number of nitrogens with zero attached hydrogens (tertiary/aromatic N) is 2. The van der Waals surface area contributed by atoms with Crippen molar-refractivity contribution in [2.75, 3.05) is 0 Å². The summed E-state index contributed by atoms with van der Waals surface area (Å²) in [5.41, 5.74) is 1.71. The highest BCUT2D eigenvalue weighted by atomic mass is 35.5. The molecule has 9 nitrogen and oxygen atoms in total. The van der Waals surface area contributed by atoms with Gasteiger partial charge in [0.1, 0.15) is 16.1 Å². The standard InChI is InChI=1S/C15H12Cl3N3O6S/c1-15(12(14(26)27)21-4(22)2-5(21)28-15)3-19-20-13(25)6-7(16)9(18)11(24)10(23)8(6)17/h3,5,12,23-24H,2H2,1H3,(H,20,25)(H,26,27)/b19-3+/t5-,12+,15+/m1/s1. The molecule has 0 spiro atoms. The van der Waals surface area contributed by atoms with E-state index in [0.29, 0.717) is 0 Å². The topological polar surface area (TPSA) is 140 Å². The summed E-state index contributed by atoms with van der Waals surface area (Å²) >= 11 is 18.7. The Balaban J connectivity index is 1.83. The van der Waals surface area contributed by atoms with Crippen LogP contribution in [0.15, 0.2) is 5.10 Å². The molecule has 2 aliphatic rings. The molecule has 2 saturated heterocycles. The Morgan fingerprint density at radius 3 is 2.43 bits per heavy atom. The normalized spacial score (nSPS) is 26.3. The van der Waals surface area contributed by atoms with Gasteiger partial charge < -0.3 is 20.2 Å². The van der Waals surface area contributed by atoms with E-state index in [-0.39, 0.29) is 17.7 Å². The van der Waals surface area contributed by atoms with Crippen LogP contribution in [0.1, 0.15) is 23.7 Å². The number of halogens is 3. The number of carboxylic acids is 1. The van der Waals surface area contributed by atoms with E-state index in [1.54, 1.807) is 6.92 Å². The third-order valence-electron chi connectivity index (χ3n) is 4.38. The minimum absolute atomic E-state index is 0.237. The number of phenolic OH excluding ortho intramolecular Hbond substituents is 2. The molecule has 0 bridgehead atoms. The van der Waals surface area contributed by atoms with Gasteiger partial charge in [0.2, 0.25) is 5.91 Å². The Morgan fingerprint density at radius 1 is 1.25 bits per heavy atom. The molecule has 1 aromatic rings. The first-order valence-electron chi connectivity index (χ1n) is 7.64. The Hall–Kier alpha value is -1.88. The van der Waals surface area contributed by atoms with Crippen LogP contribution in [0.3, 0.4) is 0 Å². The van der Waals surface area contributed by atoms with Crippen LogP contribution >= 0.6 is 46.6 Å². The average Bonchev–Trinajstić information content (AvgIpc) is 2.86. The van der Waals surface area contributed by atoms with Crippen LogP contribution in [0.4, 0.5) is 0 Å². The third-order valence-corrected chi connectivity index (χ3v) is 7.09. The molecule has 1 aromatic carbocycles. The monoisotopic (exact) mass is 467 g/mol. The van der Waals surface area contributed by atoms with Crippen LogP contribution < -0.4 is 5.43 Å². The molecule has 13 heteroatoms. The van der Waals surface area contributed by atoms with Crippen LogP contribution in [0, 0.1) is 0 Å². The van der Waals surface area contributed by atoms with Crippen LogP contribution in [0.2, 0.25) is 15.1 Å². The summed E-state index contributed by atoms with van der Waals surface area (Å²) in [5, 5.41) is 30.9. The van der Waals surface area contributed by atoms with E-state index < -0.39 is 54.8 Å². The minimum Gasteiger partial charge on any atom is -0.503 e. The molecule has 2 amide bonds. The van der Waals surface area contributed by atoms with Gasteiger partial charge >= 0.3 is 5.97 Å². The number of fused-ring (bicyclic) bond motifs is 1. The van der Waals surface area contributed by atoms with Gasteiger partial charge in [-0.15, -0.1) is 11.8 Å². The number of carboxylic acid groups (broad SMARTS) is 1.